The first-order chi connectivity index (χ1) is 7.69. The Morgan fingerprint density at radius 3 is 2.50 bits per heavy atom. The van der Waals surface area contributed by atoms with Gasteiger partial charge in [0.15, 0.2) is 0 Å². The maximum absolute atomic E-state index is 9.27. The van der Waals surface area contributed by atoms with E-state index in [0.717, 1.165) is 32.0 Å². The number of rotatable bonds is 7. The maximum Gasteiger partial charge on any atom is 0.119 e. The molecule has 16 heavy (non-hydrogen) atoms. The first kappa shape index (κ1) is 11.9. The summed E-state index contributed by atoms with van der Waals surface area (Å²) in [5, 5.41) is 9.27. The molecule has 3 nitrogen and oxygen atoms in total. The number of nitrogens with two attached hydrogens (primary N) is 1. The van der Waals surface area contributed by atoms with Crippen molar-refractivity contribution in [3.05, 3.63) is 0 Å². The molecule has 2 fully saturated rings. The van der Waals surface area contributed by atoms with Gasteiger partial charge >= 0.3 is 0 Å². The van der Waals surface area contributed by atoms with Gasteiger partial charge in [-0.1, -0.05) is 13.3 Å². The fraction of sp³-hybridized carbons (Fsp3) is 0.923. The van der Waals surface area contributed by atoms with Gasteiger partial charge in [-0.25, -0.2) is 0 Å². The molecular weight excluding hydrogens is 198 g/mol. The Bertz CT molecular complexity index is 275. The minimum atomic E-state index is -0.573. The standard InChI is InChI=1S/C13H23N3/c1-2-3-8-16(12-6-7-12)10-13(15,9-14)11-4-5-11/h11-12H,2-8,10,15H2,1H3. The van der Waals surface area contributed by atoms with Crippen molar-refractivity contribution in [3.63, 3.8) is 0 Å². The van der Waals surface area contributed by atoms with Crippen molar-refractivity contribution in [2.24, 2.45) is 11.7 Å². The zero-order chi connectivity index (χ0) is 11.6. The summed E-state index contributed by atoms with van der Waals surface area (Å²) in [6.07, 6.45) is 7.35. The van der Waals surface area contributed by atoms with Crippen molar-refractivity contribution in [1.29, 1.82) is 5.26 Å². The summed E-state index contributed by atoms with van der Waals surface area (Å²) >= 11 is 0. The van der Waals surface area contributed by atoms with Crippen LogP contribution >= 0.6 is 0 Å². The normalized spacial score (nSPS) is 24.1. The van der Waals surface area contributed by atoms with E-state index in [9.17, 15) is 5.26 Å². The molecule has 0 aliphatic heterocycles. The second kappa shape index (κ2) is 4.73. The van der Waals surface area contributed by atoms with Gasteiger partial charge in [0, 0.05) is 12.6 Å². The number of nitriles is 1. The summed E-state index contributed by atoms with van der Waals surface area (Å²) in [4.78, 5) is 2.46. The smallest absolute Gasteiger partial charge is 0.119 e. The first-order valence-corrected chi connectivity index (χ1v) is 6.64. The molecule has 90 valence electrons. The Morgan fingerprint density at radius 1 is 1.38 bits per heavy atom. The third-order valence-corrected chi connectivity index (χ3v) is 3.84. The Balaban J connectivity index is 1.90. The molecule has 0 saturated heterocycles. The minimum absolute atomic E-state index is 0.459. The van der Waals surface area contributed by atoms with Crippen LogP contribution in [-0.4, -0.2) is 29.6 Å². The summed E-state index contributed by atoms with van der Waals surface area (Å²) in [5.74, 6) is 0.459. The van der Waals surface area contributed by atoms with Crippen LogP contribution in [0.25, 0.3) is 0 Å². The van der Waals surface area contributed by atoms with Crippen molar-refractivity contribution in [3.8, 4) is 6.07 Å². The lowest BCUT2D eigenvalue weighted by Crippen LogP contribution is -2.51. The van der Waals surface area contributed by atoms with E-state index in [1.807, 2.05) is 0 Å². The van der Waals surface area contributed by atoms with Gasteiger partial charge in [-0.05, 0) is 44.6 Å². The number of hydrogen-bond acceptors (Lipinski definition) is 3. The van der Waals surface area contributed by atoms with E-state index in [4.69, 9.17) is 5.73 Å². The Kier molecular flexibility index (Phi) is 3.51. The number of hydrogen-bond donors (Lipinski definition) is 1. The van der Waals surface area contributed by atoms with Crippen molar-refractivity contribution in [1.82, 2.24) is 4.90 Å². The third-order valence-electron chi connectivity index (χ3n) is 3.84. The van der Waals surface area contributed by atoms with Crippen molar-refractivity contribution >= 4 is 0 Å². The zero-order valence-corrected chi connectivity index (χ0v) is 10.3. The molecule has 0 radical (unpaired) electrons. The van der Waals surface area contributed by atoms with Crippen LogP contribution in [-0.2, 0) is 0 Å². The Hall–Kier alpha value is -0.590. The summed E-state index contributed by atoms with van der Waals surface area (Å²) in [5.41, 5.74) is 5.66. The van der Waals surface area contributed by atoms with Gasteiger partial charge < -0.3 is 5.73 Å². The van der Waals surface area contributed by atoms with E-state index in [-0.39, 0.29) is 0 Å². The lowest BCUT2D eigenvalue weighted by Gasteiger charge is -2.30. The van der Waals surface area contributed by atoms with Crippen molar-refractivity contribution in [2.75, 3.05) is 13.1 Å². The van der Waals surface area contributed by atoms with Gasteiger partial charge in [-0.15, -0.1) is 0 Å². The van der Waals surface area contributed by atoms with E-state index in [2.05, 4.69) is 17.9 Å². The average Bonchev–Trinajstić information content (AvgIpc) is 3.15. The summed E-state index contributed by atoms with van der Waals surface area (Å²) < 4.78 is 0. The quantitative estimate of drug-likeness (QED) is 0.714. The topological polar surface area (TPSA) is 53.0 Å². The lowest BCUT2D eigenvalue weighted by molar-refractivity contribution is 0.209. The molecule has 2 N–H and O–H groups in total. The summed E-state index contributed by atoms with van der Waals surface area (Å²) in [6.45, 7) is 4.12. The van der Waals surface area contributed by atoms with Gasteiger partial charge in [0.25, 0.3) is 0 Å². The lowest BCUT2D eigenvalue weighted by atomic mass is 9.95. The van der Waals surface area contributed by atoms with Gasteiger partial charge in [0.05, 0.1) is 6.07 Å². The molecule has 3 heteroatoms. The van der Waals surface area contributed by atoms with Crippen molar-refractivity contribution < 1.29 is 0 Å². The van der Waals surface area contributed by atoms with Crippen LogP contribution in [0.3, 0.4) is 0 Å². The molecule has 0 heterocycles. The maximum atomic E-state index is 9.27. The highest BCUT2D eigenvalue weighted by Crippen LogP contribution is 2.39. The molecule has 0 aromatic heterocycles. The molecule has 1 unspecified atom stereocenters. The van der Waals surface area contributed by atoms with Gasteiger partial charge in [-0.2, -0.15) is 5.26 Å². The molecular formula is C13H23N3. The molecule has 0 aromatic carbocycles. The molecule has 1 atom stereocenters. The van der Waals surface area contributed by atoms with Crippen molar-refractivity contribution in [2.45, 2.75) is 57.0 Å². The fourth-order valence-corrected chi connectivity index (χ4v) is 2.38. The van der Waals surface area contributed by atoms with Crippen LogP contribution in [0.2, 0.25) is 0 Å². The SMILES string of the molecule is CCCCN(CC(N)(C#N)C1CC1)C1CC1. The van der Waals surface area contributed by atoms with E-state index in [1.165, 1.54) is 25.7 Å². The zero-order valence-electron chi connectivity index (χ0n) is 10.3. The highest BCUT2D eigenvalue weighted by Gasteiger charge is 2.45. The summed E-state index contributed by atoms with van der Waals surface area (Å²) in [7, 11) is 0. The average molecular weight is 221 g/mol. The van der Waals surface area contributed by atoms with Gasteiger partial charge in [0.1, 0.15) is 5.54 Å². The summed E-state index contributed by atoms with van der Waals surface area (Å²) in [6, 6.07) is 3.09. The Labute approximate surface area is 98.6 Å². The molecule has 0 aromatic rings. The molecule has 2 rings (SSSR count). The van der Waals surface area contributed by atoms with E-state index < -0.39 is 5.54 Å². The van der Waals surface area contributed by atoms with Crippen LogP contribution < -0.4 is 5.73 Å². The fourth-order valence-electron chi connectivity index (χ4n) is 2.38. The highest BCUT2D eigenvalue weighted by molar-refractivity contribution is 5.15. The second-order valence-corrected chi connectivity index (χ2v) is 5.48. The van der Waals surface area contributed by atoms with E-state index in [0.29, 0.717) is 5.92 Å². The third kappa shape index (κ3) is 2.75. The molecule has 0 bridgehead atoms. The first-order valence-electron chi connectivity index (χ1n) is 6.64. The largest absolute Gasteiger partial charge is 0.312 e. The second-order valence-electron chi connectivity index (χ2n) is 5.48. The van der Waals surface area contributed by atoms with E-state index in [1.54, 1.807) is 0 Å². The monoisotopic (exact) mass is 221 g/mol. The molecule has 0 amide bonds. The number of unbranched alkanes of at least 4 members (excludes halogenated alkanes) is 1. The molecule has 2 aliphatic carbocycles. The predicted octanol–water partition coefficient (Wildman–Crippen LogP) is 1.88. The highest BCUT2D eigenvalue weighted by atomic mass is 15.2. The van der Waals surface area contributed by atoms with Crippen LogP contribution in [0.4, 0.5) is 0 Å². The number of nitrogens with zero attached hydrogens (tertiary/aromatic N) is 2. The molecule has 2 saturated carbocycles. The van der Waals surface area contributed by atoms with Gasteiger partial charge in [-0.3, -0.25) is 4.90 Å². The van der Waals surface area contributed by atoms with Crippen LogP contribution in [0.5, 0.6) is 0 Å². The van der Waals surface area contributed by atoms with E-state index >= 15 is 0 Å². The van der Waals surface area contributed by atoms with Crippen LogP contribution in [0.15, 0.2) is 0 Å². The molecule has 0 spiro atoms. The van der Waals surface area contributed by atoms with Crippen LogP contribution in [0.1, 0.15) is 45.4 Å². The Morgan fingerprint density at radius 2 is 2.06 bits per heavy atom. The minimum Gasteiger partial charge on any atom is -0.312 e. The molecule has 2 aliphatic rings. The van der Waals surface area contributed by atoms with Crippen LogP contribution in [0, 0.1) is 17.2 Å². The predicted molar refractivity (Wildman–Crippen MR) is 64.8 cm³/mol. The van der Waals surface area contributed by atoms with Gasteiger partial charge in [0.2, 0.25) is 0 Å².